The summed E-state index contributed by atoms with van der Waals surface area (Å²) in [5.74, 6) is -0.173. The van der Waals surface area contributed by atoms with Crippen molar-refractivity contribution in [1.82, 2.24) is 15.1 Å². The molecule has 1 heterocycles. The van der Waals surface area contributed by atoms with Crippen LogP contribution in [0.5, 0.6) is 0 Å². The van der Waals surface area contributed by atoms with Gasteiger partial charge in [0.1, 0.15) is 5.82 Å². The average molecular weight is 417 g/mol. The number of halogens is 2. The number of carbonyl (C=O) groups is 1. The fourth-order valence-corrected chi connectivity index (χ4v) is 3.11. The number of hydrogen-bond donors (Lipinski definition) is 2. The molecule has 0 aliphatic heterocycles. The summed E-state index contributed by atoms with van der Waals surface area (Å²) in [4.78, 5) is 14.1. The number of nitrogens with two attached hydrogens (primary N) is 1. The highest BCUT2D eigenvalue weighted by Gasteiger charge is 2.10. The van der Waals surface area contributed by atoms with Crippen LogP contribution in [0.1, 0.15) is 24.1 Å². The summed E-state index contributed by atoms with van der Waals surface area (Å²) in [7, 11) is 1.82. The van der Waals surface area contributed by atoms with Gasteiger partial charge in [0.25, 0.3) is 0 Å². The van der Waals surface area contributed by atoms with Crippen LogP contribution in [0, 0.1) is 5.82 Å². The second-order valence-electron chi connectivity index (χ2n) is 6.91. The Labute approximate surface area is 176 Å². The molecule has 0 spiro atoms. The van der Waals surface area contributed by atoms with E-state index in [4.69, 9.17) is 5.73 Å². The van der Waals surface area contributed by atoms with E-state index in [-0.39, 0.29) is 24.1 Å². The fraction of sp³-hybridized carbons (Fsp3) is 0.273. The van der Waals surface area contributed by atoms with E-state index in [0.717, 1.165) is 41.0 Å². The lowest BCUT2D eigenvalue weighted by Crippen LogP contribution is -2.28. The van der Waals surface area contributed by atoms with Crippen molar-refractivity contribution in [2.75, 3.05) is 19.3 Å². The van der Waals surface area contributed by atoms with Crippen LogP contribution in [0.25, 0.3) is 11.3 Å². The van der Waals surface area contributed by atoms with Crippen molar-refractivity contribution in [3.8, 4) is 11.3 Å². The first-order valence-corrected chi connectivity index (χ1v) is 9.40. The van der Waals surface area contributed by atoms with Crippen LogP contribution in [-0.2, 0) is 17.6 Å². The van der Waals surface area contributed by atoms with Crippen molar-refractivity contribution in [3.63, 3.8) is 0 Å². The number of carbonyl (C=O) groups excluding carboxylic acids is 1. The monoisotopic (exact) mass is 416 g/mol. The molecule has 0 fully saturated rings. The van der Waals surface area contributed by atoms with E-state index in [9.17, 15) is 9.18 Å². The molecular formula is C22H26ClFN4O. The van der Waals surface area contributed by atoms with Gasteiger partial charge in [0.05, 0.1) is 5.69 Å². The van der Waals surface area contributed by atoms with E-state index >= 15 is 0 Å². The highest BCUT2D eigenvalue weighted by atomic mass is 35.5. The molecule has 1 amide bonds. The lowest BCUT2D eigenvalue weighted by Gasteiger charge is -2.17. The van der Waals surface area contributed by atoms with Gasteiger partial charge in [-0.05, 0) is 49.1 Å². The largest absolute Gasteiger partial charge is 0.399 e. The summed E-state index contributed by atoms with van der Waals surface area (Å²) in [5.41, 5.74) is 10.1. The number of nitrogen functional groups attached to an aromatic ring is 1. The van der Waals surface area contributed by atoms with Crippen molar-refractivity contribution in [2.24, 2.45) is 0 Å². The zero-order chi connectivity index (χ0) is 19.9. The maximum absolute atomic E-state index is 13.3. The van der Waals surface area contributed by atoms with Crippen molar-refractivity contribution in [1.29, 1.82) is 0 Å². The number of nitrogens with one attached hydrogen (secondary N) is 1. The quantitative estimate of drug-likeness (QED) is 0.539. The van der Waals surface area contributed by atoms with Crippen molar-refractivity contribution >= 4 is 24.0 Å². The zero-order valence-electron chi connectivity index (χ0n) is 16.4. The average Bonchev–Trinajstić information content (AvgIpc) is 3.16. The molecule has 0 aliphatic carbocycles. The van der Waals surface area contributed by atoms with E-state index in [1.54, 1.807) is 11.0 Å². The maximum Gasteiger partial charge on any atom is 0.222 e. The predicted octanol–water partition coefficient (Wildman–Crippen LogP) is 4.24. The maximum atomic E-state index is 13.3. The molecule has 0 unspecified atom stereocenters. The Morgan fingerprint density at radius 3 is 2.69 bits per heavy atom. The van der Waals surface area contributed by atoms with Gasteiger partial charge in [-0.1, -0.05) is 30.3 Å². The lowest BCUT2D eigenvalue weighted by atomic mass is 10.1. The predicted molar refractivity (Wildman–Crippen MR) is 116 cm³/mol. The third kappa shape index (κ3) is 6.32. The number of H-pyrrole nitrogens is 1. The Hall–Kier alpha value is -2.86. The summed E-state index contributed by atoms with van der Waals surface area (Å²) < 4.78 is 13.3. The zero-order valence-corrected chi connectivity index (χ0v) is 17.2. The van der Waals surface area contributed by atoms with Crippen molar-refractivity contribution in [2.45, 2.75) is 25.7 Å². The summed E-state index contributed by atoms with van der Waals surface area (Å²) in [5, 5.41) is 7.24. The van der Waals surface area contributed by atoms with Gasteiger partial charge in [-0.15, -0.1) is 12.4 Å². The molecule has 154 valence electrons. The second kappa shape index (κ2) is 10.6. The molecule has 3 N–H and O–H groups in total. The Morgan fingerprint density at radius 1 is 1.14 bits per heavy atom. The molecule has 7 heteroatoms. The molecule has 2 aromatic carbocycles. The topological polar surface area (TPSA) is 75.0 Å². The molecule has 0 radical (unpaired) electrons. The fourth-order valence-electron chi connectivity index (χ4n) is 3.11. The first kappa shape index (κ1) is 22.4. The Bertz CT molecular complexity index is 944. The number of rotatable bonds is 8. The van der Waals surface area contributed by atoms with Gasteiger partial charge in [0.15, 0.2) is 0 Å². The van der Waals surface area contributed by atoms with Crippen LogP contribution in [0.2, 0.25) is 0 Å². The minimum absolute atomic E-state index is 0. The number of para-hydroxylation sites is 1. The first-order valence-electron chi connectivity index (χ1n) is 9.40. The van der Waals surface area contributed by atoms with Gasteiger partial charge in [0, 0.05) is 37.0 Å². The normalized spacial score (nSPS) is 10.4. The molecule has 0 saturated carbocycles. The summed E-state index contributed by atoms with van der Waals surface area (Å²) in [6, 6.07) is 15.9. The molecule has 3 rings (SSSR count). The van der Waals surface area contributed by atoms with Gasteiger partial charge in [-0.2, -0.15) is 5.10 Å². The number of anilines is 1. The summed E-state index contributed by atoms with van der Waals surface area (Å²) >= 11 is 0. The highest BCUT2D eigenvalue weighted by molar-refractivity contribution is 5.85. The molecule has 1 aromatic heterocycles. The molecule has 0 bridgehead atoms. The van der Waals surface area contributed by atoms with Crippen LogP contribution >= 0.6 is 12.4 Å². The van der Waals surface area contributed by atoms with E-state index < -0.39 is 0 Å². The number of amides is 1. The van der Waals surface area contributed by atoms with E-state index in [0.29, 0.717) is 19.4 Å². The molecule has 0 atom stereocenters. The van der Waals surface area contributed by atoms with Gasteiger partial charge < -0.3 is 10.6 Å². The smallest absolute Gasteiger partial charge is 0.222 e. The van der Waals surface area contributed by atoms with Crippen LogP contribution in [-0.4, -0.2) is 34.6 Å². The van der Waals surface area contributed by atoms with Crippen LogP contribution in [0.3, 0.4) is 0 Å². The number of aromatic amines is 1. The second-order valence-corrected chi connectivity index (χ2v) is 6.91. The van der Waals surface area contributed by atoms with Gasteiger partial charge in [0.2, 0.25) is 5.91 Å². The standard InChI is InChI=1S/C22H25FN4O.ClH/c1-27(22(28)12-11-16-6-2-3-10-20(16)24)13-5-9-19-15-21(26-25-19)17-7-4-8-18(23)14-17;/h2-4,6-8,10,14-15H,5,9,11-13,24H2,1H3,(H,25,26);1H. The Morgan fingerprint density at radius 2 is 1.93 bits per heavy atom. The summed E-state index contributed by atoms with van der Waals surface area (Å²) in [6.07, 6.45) is 2.68. The van der Waals surface area contributed by atoms with E-state index in [1.807, 2.05) is 43.4 Å². The molecule has 0 saturated heterocycles. The minimum Gasteiger partial charge on any atom is -0.399 e. The first-order chi connectivity index (χ1) is 13.5. The van der Waals surface area contributed by atoms with Gasteiger partial charge in [-0.3, -0.25) is 9.89 Å². The number of benzene rings is 2. The minimum atomic E-state index is -0.278. The van der Waals surface area contributed by atoms with Gasteiger partial charge >= 0.3 is 0 Å². The number of aromatic nitrogens is 2. The van der Waals surface area contributed by atoms with Gasteiger partial charge in [-0.25, -0.2) is 4.39 Å². The molecule has 0 aliphatic rings. The van der Waals surface area contributed by atoms with Crippen LogP contribution < -0.4 is 5.73 Å². The SMILES string of the molecule is CN(CCCc1cc(-c2cccc(F)c2)n[nH]1)C(=O)CCc1ccccc1N.Cl. The van der Waals surface area contributed by atoms with E-state index in [1.165, 1.54) is 12.1 Å². The number of nitrogens with zero attached hydrogens (tertiary/aromatic N) is 2. The highest BCUT2D eigenvalue weighted by Crippen LogP contribution is 2.19. The van der Waals surface area contributed by atoms with E-state index in [2.05, 4.69) is 10.2 Å². The molecule has 5 nitrogen and oxygen atoms in total. The molecular weight excluding hydrogens is 391 g/mol. The van der Waals surface area contributed by atoms with Crippen molar-refractivity contribution in [3.05, 3.63) is 71.7 Å². The molecule has 29 heavy (non-hydrogen) atoms. The van der Waals surface area contributed by atoms with Crippen LogP contribution in [0.15, 0.2) is 54.6 Å². The van der Waals surface area contributed by atoms with Crippen molar-refractivity contribution < 1.29 is 9.18 Å². The Kier molecular flexibility index (Phi) is 8.21. The number of hydrogen-bond acceptors (Lipinski definition) is 3. The molecule has 3 aromatic rings. The number of aryl methyl sites for hydroxylation is 2. The lowest BCUT2D eigenvalue weighted by molar-refractivity contribution is -0.129. The third-order valence-corrected chi connectivity index (χ3v) is 4.78. The third-order valence-electron chi connectivity index (χ3n) is 4.78. The van der Waals surface area contributed by atoms with Crippen LogP contribution in [0.4, 0.5) is 10.1 Å². The Balaban J connectivity index is 0.00000300. The summed E-state index contributed by atoms with van der Waals surface area (Å²) in [6.45, 7) is 0.664.